The molecular weight excluding hydrogens is 378 g/mol. The highest BCUT2D eigenvalue weighted by molar-refractivity contribution is 5.94. The lowest BCUT2D eigenvalue weighted by atomic mass is 9.90. The maximum absolute atomic E-state index is 12.4. The highest BCUT2D eigenvalue weighted by atomic mass is 19.3. The summed E-state index contributed by atoms with van der Waals surface area (Å²) in [4.78, 5) is 16.5. The summed E-state index contributed by atoms with van der Waals surface area (Å²) >= 11 is 0. The van der Waals surface area contributed by atoms with Gasteiger partial charge in [0.05, 0.1) is 6.54 Å². The number of aliphatic imine (C=N–C) groups is 1. The van der Waals surface area contributed by atoms with E-state index in [1.807, 2.05) is 31.2 Å². The standard InChI is InChI=1S/C21H24F2N4O2/c1-2-24-21(25-12-14-6-5-7-16(10-14)29-20(22)23)26-13-15-11-19(28)27-18-9-4-3-8-17(15)18/h3-10,15,20H,2,11-13H2,1H3,(H,27,28)(H2,24,25,26). The van der Waals surface area contributed by atoms with E-state index in [0.29, 0.717) is 32.0 Å². The van der Waals surface area contributed by atoms with E-state index in [1.165, 1.54) is 6.07 Å². The Balaban J connectivity index is 1.65. The molecule has 0 aliphatic carbocycles. The molecule has 0 bridgehead atoms. The van der Waals surface area contributed by atoms with Gasteiger partial charge >= 0.3 is 6.61 Å². The Labute approximate surface area is 168 Å². The third-order valence-corrected chi connectivity index (χ3v) is 4.51. The van der Waals surface area contributed by atoms with Gasteiger partial charge in [-0.05, 0) is 36.2 Å². The number of nitrogens with zero attached hydrogens (tertiary/aromatic N) is 1. The number of benzene rings is 2. The van der Waals surface area contributed by atoms with E-state index in [9.17, 15) is 13.6 Å². The lowest BCUT2D eigenvalue weighted by Gasteiger charge is -2.26. The van der Waals surface area contributed by atoms with Crippen molar-refractivity contribution in [2.45, 2.75) is 32.4 Å². The summed E-state index contributed by atoms with van der Waals surface area (Å²) in [6.07, 6.45) is 0.399. The molecule has 1 heterocycles. The number of hydrogen-bond donors (Lipinski definition) is 3. The van der Waals surface area contributed by atoms with Crippen molar-refractivity contribution in [2.24, 2.45) is 4.99 Å². The van der Waals surface area contributed by atoms with Gasteiger partial charge in [-0.15, -0.1) is 0 Å². The molecule has 1 aliphatic heterocycles. The molecule has 0 spiro atoms. The van der Waals surface area contributed by atoms with Crippen molar-refractivity contribution in [1.82, 2.24) is 10.6 Å². The first-order chi connectivity index (χ1) is 14.0. The Bertz CT molecular complexity index is 873. The van der Waals surface area contributed by atoms with Crippen LogP contribution in [-0.2, 0) is 11.3 Å². The van der Waals surface area contributed by atoms with Crippen molar-refractivity contribution in [3.8, 4) is 5.75 Å². The summed E-state index contributed by atoms with van der Waals surface area (Å²) in [5.41, 5.74) is 2.68. The van der Waals surface area contributed by atoms with Crippen molar-refractivity contribution in [1.29, 1.82) is 0 Å². The SMILES string of the molecule is CCNC(=NCc1cccc(OC(F)F)c1)NCC1CC(=O)Nc2ccccc21. The van der Waals surface area contributed by atoms with Gasteiger partial charge in [0.2, 0.25) is 5.91 Å². The first kappa shape index (κ1) is 20.6. The number of guanidine groups is 1. The topological polar surface area (TPSA) is 74.8 Å². The second-order valence-electron chi connectivity index (χ2n) is 6.64. The summed E-state index contributed by atoms with van der Waals surface area (Å²) in [7, 11) is 0. The summed E-state index contributed by atoms with van der Waals surface area (Å²) in [5, 5.41) is 9.33. The maximum atomic E-state index is 12.4. The van der Waals surface area contributed by atoms with Crippen LogP contribution in [-0.4, -0.2) is 31.6 Å². The average molecular weight is 402 g/mol. The lowest BCUT2D eigenvalue weighted by molar-refractivity contribution is -0.116. The van der Waals surface area contributed by atoms with Gasteiger partial charge in [0.1, 0.15) is 5.75 Å². The number of carbonyl (C=O) groups excluding carboxylic acids is 1. The normalized spacial score (nSPS) is 16.2. The maximum Gasteiger partial charge on any atom is 0.387 e. The van der Waals surface area contributed by atoms with E-state index in [0.717, 1.165) is 16.8 Å². The van der Waals surface area contributed by atoms with Crippen molar-refractivity contribution in [3.05, 3.63) is 59.7 Å². The molecule has 154 valence electrons. The van der Waals surface area contributed by atoms with Gasteiger partial charge in [-0.2, -0.15) is 8.78 Å². The first-order valence-corrected chi connectivity index (χ1v) is 9.50. The summed E-state index contributed by atoms with van der Waals surface area (Å²) < 4.78 is 29.2. The fourth-order valence-electron chi connectivity index (χ4n) is 3.24. The fourth-order valence-corrected chi connectivity index (χ4v) is 3.24. The predicted octanol–water partition coefficient (Wildman–Crippen LogP) is 3.47. The first-order valence-electron chi connectivity index (χ1n) is 9.50. The number of halogens is 2. The van der Waals surface area contributed by atoms with Crippen LogP contribution in [0.4, 0.5) is 14.5 Å². The van der Waals surface area contributed by atoms with Crippen LogP contribution < -0.4 is 20.7 Å². The van der Waals surface area contributed by atoms with E-state index in [4.69, 9.17) is 0 Å². The molecule has 3 N–H and O–H groups in total. The third-order valence-electron chi connectivity index (χ3n) is 4.51. The molecule has 3 rings (SSSR count). The third kappa shape index (κ3) is 5.91. The van der Waals surface area contributed by atoms with Crippen LogP contribution in [0.3, 0.4) is 0 Å². The molecule has 6 nitrogen and oxygen atoms in total. The minimum atomic E-state index is -2.86. The number of rotatable bonds is 7. The molecule has 29 heavy (non-hydrogen) atoms. The van der Waals surface area contributed by atoms with E-state index >= 15 is 0 Å². The quantitative estimate of drug-likeness (QED) is 0.490. The number of ether oxygens (including phenoxy) is 1. The van der Waals surface area contributed by atoms with Gasteiger partial charge in [-0.3, -0.25) is 4.79 Å². The van der Waals surface area contributed by atoms with E-state index in [-0.39, 0.29) is 17.6 Å². The number of anilines is 1. The molecule has 0 saturated heterocycles. The summed E-state index contributed by atoms with van der Waals surface area (Å²) in [6.45, 7) is 0.616. The Morgan fingerprint density at radius 1 is 1.24 bits per heavy atom. The minimum Gasteiger partial charge on any atom is -0.435 e. The molecule has 1 unspecified atom stereocenters. The average Bonchev–Trinajstić information content (AvgIpc) is 2.69. The van der Waals surface area contributed by atoms with Crippen LogP contribution in [0.2, 0.25) is 0 Å². The Kier molecular flexibility index (Phi) is 6.99. The highest BCUT2D eigenvalue weighted by Gasteiger charge is 2.24. The second-order valence-corrected chi connectivity index (χ2v) is 6.64. The zero-order valence-electron chi connectivity index (χ0n) is 16.1. The Hall–Kier alpha value is -3.16. The molecule has 1 amide bonds. The van der Waals surface area contributed by atoms with Gasteiger partial charge in [0, 0.05) is 31.1 Å². The number of alkyl halides is 2. The van der Waals surface area contributed by atoms with Gasteiger partial charge in [-0.25, -0.2) is 4.99 Å². The van der Waals surface area contributed by atoms with Crippen LogP contribution in [0, 0.1) is 0 Å². The number of para-hydroxylation sites is 1. The lowest BCUT2D eigenvalue weighted by Crippen LogP contribution is -2.40. The van der Waals surface area contributed by atoms with Crippen molar-refractivity contribution < 1.29 is 18.3 Å². The van der Waals surface area contributed by atoms with Crippen molar-refractivity contribution in [3.63, 3.8) is 0 Å². The smallest absolute Gasteiger partial charge is 0.387 e. The van der Waals surface area contributed by atoms with Crippen LogP contribution in [0.25, 0.3) is 0 Å². The van der Waals surface area contributed by atoms with Crippen LogP contribution >= 0.6 is 0 Å². The number of amides is 1. The number of fused-ring (bicyclic) bond motifs is 1. The van der Waals surface area contributed by atoms with Crippen molar-refractivity contribution >= 4 is 17.6 Å². The van der Waals surface area contributed by atoms with Gasteiger partial charge < -0.3 is 20.7 Å². The molecule has 0 radical (unpaired) electrons. The highest BCUT2D eigenvalue weighted by Crippen LogP contribution is 2.31. The number of carbonyl (C=O) groups is 1. The van der Waals surface area contributed by atoms with Gasteiger partial charge in [0.25, 0.3) is 0 Å². The predicted molar refractivity (Wildman–Crippen MR) is 108 cm³/mol. The van der Waals surface area contributed by atoms with Crippen molar-refractivity contribution in [2.75, 3.05) is 18.4 Å². The van der Waals surface area contributed by atoms with Gasteiger partial charge in [0.15, 0.2) is 5.96 Å². The summed E-state index contributed by atoms with van der Waals surface area (Å²) in [6, 6.07) is 14.2. The molecule has 0 fully saturated rings. The van der Waals surface area contributed by atoms with Gasteiger partial charge in [-0.1, -0.05) is 30.3 Å². The van der Waals surface area contributed by atoms with E-state index in [2.05, 4.69) is 25.7 Å². The Morgan fingerprint density at radius 2 is 2.07 bits per heavy atom. The van der Waals surface area contributed by atoms with Crippen LogP contribution in [0.1, 0.15) is 30.4 Å². The van der Waals surface area contributed by atoms with E-state index in [1.54, 1.807) is 18.2 Å². The molecule has 1 aliphatic rings. The van der Waals surface area contributed by atoms with E-state index < -0.39 is 6.61 Å². The molecule has 8 heteroatoms. The summed E-state index contributed by atoms with van der Waals surface area (Å²) in [5.74, 6) is 0.728. The molecule has 0 aromatic heterocycles. The zero-order chi connectivity index (χ0) is 20.6. The number of nitrogens with one attached hydrogen (secondary N) is 3. The van der Waals surface area contributed by atoms with Crippen LogP contribution in [0.5, 0.6) is 5.75 Å². The Morgan fingerprint density at radius 3 is 2.86 bits per heavy atom. The minimum absolute atomic E-state index is 0.00622. The number of hydrogen-bond acceptors (Lipinski definition) is 3. The fraction of sp³-hybridized carbons (Fsp3) is 0.333. The molecule has 2 aromatic rings. The zero-order valence-corrected chi connectivity index (χ0v) is 16.1. The molecule has 1 atom stereocenters. The molecular formula is C21H24F2N4O2. The second kappa shape index (κ2) is 9.86. The monoisotopic (exact) mass is 402 g/mol. The molecule has 2 aromatic carbocycles. The largest absolute Gasteiger partial charge is 0.435 e. The van der Waals surface area contributed by atoms with Crippen LogP contribution in [0.15, 0.2) is 53.5 Å². The molecule has 0 saturated carbocycles.